The van der Waals surface area contributed by atoms with E-state index in [9.17, 15) is 20.1 Å². The molecule has 0 bridgehead atoms. The van der Waals surface area contributed by atoms with Gasteiger partial charge in [-0.3, -0.25) is 4.79 Å². The Labute approximate surface area is 176 Å². The number of hydrogen-bond acceptors (Lipinski definition) is 5. The molecule has 0 aliphatic heterocycles. The molecule has 29 heavy (non-hydrogen) atoms. The lowest BCUT2D eigenvalue weighted by Gasteiger charge is -2.29. The summed E-state index contributed by atoms with van der Waals surface area (Å²) in [5, 5.41) is 31.3. The molecule has 0 aromatic carbocycles. The summed E-state index contributed by atoms with van der Waals surface area (Å²) >= 11 is 0. The fourth-order valence-electron chi connectivity index (χ4n) is 3.93. The van der Waals surface area contributed by atoms with E-state index in [1.165, 1.54) is 6.92 Å². The van der Waals surface area contributed by atoms with Gasteiger partial charge in [0.1, 0.15) is 0 Å². The molecule has 0 unspecified atom stereocenters. The standard InChI is InChI=1S/C24H42O5/c1-5-6-15-24(3,4)23(28)14-13-20-19(21(26)17-22(20)27)12-10-8-7-9-11-16-29-18(2)25/h8,10,13-14,19-23,26-28H,5-7,9,11-12,15-17H2,1-4H3/t19-,20-,21+,22-,23-/m1/s1. The molecule has 5 nitrogen and oxygen atoms in total. The maximum absolute atomic E-state index is 10.7. The molecule has 5 atom stereocenters. The minimum Gasteiger partial charge on any atom is -0.466 e. The number of aliphatic hydroxyl groups excluding tert-OH is 3. The number of ether oxygens (including phenoxy) is 1. The van der Waals surface area contributed by atoms with E-state index in [2.05, 4.69) is 32.9 Å². The average Bonchev–Trinajstić information content (AvgIpc) is 2.92. The van der Waals surface area contributed by atoms with Crippen molar-refractivity contribution in [1.29, 1.82) is 0 Å². The highest BCUT2D eigenvalue weighted by atomic mass is 16.5. The minimum atomic E-state index is -0.575. The van der Waals surface area contributed by atoms with E-state index in [4.69, 9.17) is 4.74 Å². The van der Waals surface area contributed by atoms with Gasteiger partial charge in [0.15, 0.2) is 0 Å². The highest BCUT2D eigenvalue weighted by Crippen LogP contribution is 2.37. The molecule has 168 valence electrons. The Balaban J connectivity index is 2.52. The van der Waals surface area contributed by atoms with Crippen LogP contribution in [-0.4, -0.2) is 46.2 Å². The van der Waals surface area contributed by atoms with Crippen LogP contribution in [0.1, 0.15) is 79.1 Å². The van der Waals surface area contributed by atoms with Crippen molar-refractivity contribution in [2.24, 2.45) is 17.3 Å². The van der Waals surface area contributed by atoms with Gasteiger partial charge in [0.05, 0.1) is 24.9 Å². The minimum absolute atomic E-state index is 0.0375. The fourth-order valence-corrected chi connectivity index (χ4v) is 3.93. The largest absolute Gasteiger partial charge is 0.466 e. The lowest BCUT2D eigenvalue weighted by molar-refractivity contribution is -0.141. The van der Waals surface area contributed by atoms with Gasteiger partial charge in [-0.25, -0.2) is 0 Å². The second-order valence-corrected chi connectivity index (χ2v) is 9.08. The predicted octanol–water partition coefficient (Wildman–Crippen LogP) is 4.16. The number of hydrogen-bond donors (Lipinski definition) is 3. The maximum atomic E-state index is 10.7. The molecule has 0 amide bonds. The third kappa shape index (κ3) is 9.45. The van der Waals surface area contributed by atoms with Gasteiger partial charge >= 0.3 is 5.97 Å². The molecule has 0 aromatic heterocycles. The van der Waals surface area contributed by atoms with Crippen molar-refractivity contribution in [2.45, 2.75) is 97.4 Å². The van der Waals surface area contributed by atoms with Crippen molar-refractivity contribution in [2.75, 3.05) is 6.61 Å². The summed E-state index contributed by atoms with van der Waals surface area (Å²) in [6.07, 6.45) is 13.1. The first kappa shape index (κ1) is 25.9. The van der Waals surface area contributed by atoms with Crippen molar-refractivity contribution in [1.82, 2.24) is 0 Å². The van der Waals surface area contributed by atoms with Gasteiger partial charge in [0, 0.05) is 19.3 Å². The second kappa shape index (κ2) is 13.2. The molecule has 0 spiro atoms. The second-order valence-electron chi connectivity index (χ2n) is 9.08. The number of carbonyl (C=O) groups is 1. The molecule has 5 heteroatoms. The van der Waals surface area contributed by atoms with Crippen molar-refractivity contribution < 1.29 is 24.9 Å². The highest BCUT2D eigenvalue weighted by Gasteiger charge is 2.39. The van der Waals surface area contributed by atoms with Gasteiger partial charge in [-0.2, -0.15) is 0 Å². The van der Waals surface area contributed by atoms with Crippen LogP contribution in [0.5, 0.6) is 0 Å². The number of aliphatic hydroxyl groups is 3. The van der Waals surface area contributed by atoms with E-state index in [0.717, 1.165) is 38.5 Å². The summed E-state index contributed by atoms with van der Waals surface area (Å²) < 4.78 is 4.91. The van der Waals surface area contributed by atoms with Crippen LogP contribution in [0, 0.1) is 17.3 Å². The molecule has 0 heterocycles. The van der Waals surface area contributed by atoms with Crippen molar-refractivity contribution >= 4 is 5.97 Å². The van der Waals surface area contributed by atoms with E-state index < -0.39 is 18.3 Å². The monoisotopic (exact) mass is 410 g/mol. The SMILES string of the molecule is CCCCC(C)(C)[C@H](O)C=C[C@@H]1[C@@H](CC=CCCCCOC(C)=O)[C@@H](O)C[C@H]1O. The van der Waals surface area contributed by atoms with Crippen LogP contribution >= 0.6 is 0 Å². The van der Waals surface area contributed by atoms with Crippen LogP contribution in [0.4, 0.5) is 0 Å². The van der Waals surface area contributed by atoms with Crippen LogP contribution in [0.25, 0.3) is 0 Å². The topological polar surface area (TPSA) is 87.0 Å². The Bertz CT molecular complexity index is 525. The molecular weight excluding hydrogens is 368 g/mol. The summed E-state index contributed by atoms with van der Waals surface area (Å²) in [5.74, 6) is -0.424. The van der Waals surface area contributed by atoms with Crippen molar-refractivity contribution in [3.05, 3.63) is 24.3 Å². The van der Waals surface area contributed by atoms with Crippen LogP contribution in [0.15, 0.2) is 24.3 Å². The first-order valence-electron chi connectivity index (χ1n) is 11.2. The average molecular weight is 411 g/mol. The van der Waals surface area contributed by atoms with Crippen molar-refractivity contribution in [3.63, 3.8) is 0 Å². The van der Waals surface area contributed by atoms with Crippen LogP contribution < -0.4 is 0 Å². The number of carbonyl (C=O) groups excluding carboxylic acids is 1. The van der Waals surface area contributed by atoms with Crippen LogP contribution in [0.3, 0.4) is 0 Å². The Morgan fingerprint density at radius 1 is 1.17 bits per heavy atom. The van der Waals surface area contributed by atoms with E-state index in [1.54, 1.807) is 0 Å². The van der Waals surface area contributed by atoms with Gasteiger partial charge in [0.2, 0.25) is 0 Å². The zero-order valence-electron chi connectivity index (χ0n) is 18.7. The van der Waals surface area contributed by atoms with E-state index in [0.29, 0.717) is 19.4 Å². The Kier molecular flexibility index (Phi) is 11.8. The molecule has 0 saturated heterocycles. The number of unbranched alkanes of at least 4 members (excludes halogenated alkanes) is 3. The van der Waals surface area contributed by atoms with Gasteiger partial charge in [0.25, 0.3) is 0 Å². The Hall–Kier alpha value is -1.17. The summed E-state index contributed by atoms with van der Waals surface area (Å²) in [6, 6.07) is 0. The van der Waals surface area contributed by atoms with E-state index in [1.807, 2.05) is 12.2 Å². The summed E-state index contributed by atoms with van der Waals surface area (Å²) in [6.45, 7) is 8.16. The van der Waals surface area contributed by atoms with E-state index >= 15 is 0 Å². The molecular formula is C24H42O5. The maximum Gasteiger partial charge on any atom is 0.302 e. The zero-order chi connectivity index (χ0) is 21.9. The highest BCUT2D eigenvalue weighted by molar-refractivity contribution is 5.65. The van der Waals surface area contributed by atoms with Gasteiger partial charge < -0.3 is 20.1 Å². The smallest absolute Gasteiger partial charge is 0.302 e. The number of esters is 1. The third-order valence-electron chi connectivity index (χ3n) is 6.05. The quantitative estimate of drug-likeness (QED) is 0.241. The first-order valence-corrected chi connectivity index (χ1v) is 11.2. The lowest BCUT2D eigenvalue weighted by Crippen LogP contribution is -2.28. The molecule has 0 aromatic rings. The molecule has 1 aliphatic carbocycles. The molecule has 3 N–H and O–H groups in total. The molecule has 1 rings (SSSR count). The Morgan fingerprint density at radius 3 is 2.55 bits per heavy atom. The predicted molar refractivity (Wildman–Crippen MR) is 116 cm³/mol. The summed E-state index contributed by atoms with van der Waals surface area (Å²) in [4.78, 5) is 10.7. The fraction of sp³-hybridized carbons (Fsp3) is 0.792. The number of allylic oxidation sites excluding steroid dienone is 2. The van der Waals surface area contributed by atoms with Gasteiger partial charge in [-0.1, -0.05) is 57.9 Å². The van der Waals surface area contributed by atoms with Gasteiger partial charge in [-0.15, -0.1) is 0 Å². The molecule has 0 radical (unpaired) electrons. The number of rotatable bonds is 13. The molecule has 1 saturated carbocycles. The normalized spacial score (nSPS) is 26.4. The lowest BCUT2D eigenvalue weighted by atomic mass is 9.80. The van der Waals surface area contributed by atoms with Crippen LogP contribution in [0.2, 0.25) is 0 Å². The third-order valence-corrected chi connectivity index (χ3v) is 6.05. The van der Waals surface area contributed by atoms with Crippen molar-refractivity contribution in [3.8, 4) is 0 Å². The summed E-state index contributed by atoms with van der Waals surface area (Å²) in [7, 11) is 0. The van der Waals surface area contributed by atoms with Crippen LogP contribution in [-0.2, 0) is 9.53 Å². The molecule has 1 fully saturated rings. The van der Waals surface area contributed by atoms with E-state index in [-0.39, 0.29) is 23.2 Å². The van der Waals surface area contributed by atoms with Gasteiger partial charge in [-0.05, 0) is 43.4 Å². The zero-order valence-corrected chi connectivity index (χ0v) is 18.7. The first-order chi connectivity index (χ1) is 13.7. The Morgan fingerprint density at radius 2 is 1.90 bits per heavy atom. The molecule has 1 aliphatic rings. The summed E-state index contributed by atoms with van der Waals surface area (Å²) in [5.41, 5.74) is -0.198.